The standard InChI is InChI=1S/C9H7Cl2N3/c1-14-8(12-9(11)13-14)6-4-2-3-5-7(6)10/h2-5H,1H3. The third kappa shape index (κ3) is 1.61. The molecule has 2 aromatic rings. The van der Waals surface area contributed by atoms with Gasteiger partial charge in [-0.25, -0.2) is 4.68 Å². The van der Waals surface area contributed by atoms with Crippen LogP contribution in [0.3, 0.4) is 0 Å². The van der Waals surface area contributed by atoms with Crippen molar-refractivity contribution in [2.24, 2.45) is 7.05 Å². The highest BCUT2D eigenvalue weighted by molar-refractivity contribution is 6.33. The van der Waals surface area contributed by atoms with Crippen molar-refractivity contribution in [3.63, 3.8) is 0 Å². The largest absolute Gasteiger partial charge is 0.247 e. The molecule has 3 nitrogen and oxygen atoms in total. The van der Waals surface area contributed by atoms with Crippen LogP contribution in [0.1, 0.15) is 0 Å². The van der Waals surface area contributed by atoms with E-state index >= 15 is 0 Å². The van der Waals surface area contributed by atoms with Crippen LogP contribution in [0, 0.1) is 0 Å². The monoisotopic (exact) mass is 227 g/mol. The number of benzene rings is 1. The Hall–Kier alpha value is -1.06. The normalized spacial score (nSPS) is 10.5. The zero-order valence-corrected chi connectivity index (χ0v) is 8.92. The van der Waals surface area contributed by atoms with Crippen LogP contribution < -0.4 is 0 Å². The van der Waals surface area contributed by atoms with Gasteiger partial charge in [0.1, 0.15) is 0 Å². The van der Waals surface area contributed by atoms with Gasteiger partial charge in [-0.15, -0.1) is 5.10 Å². The van der Waals surface area contributed by atoms with Crippen LogP contribution >= 0.6 is 23.2 Å². The molecule has 0 aliphatic carbocycles. The molecule has 0 fully saturated rings. The predicted octanol–water partition coefficient (Wildman–Crippen LogP) is 2.79. The molecular weight excluding hydrogens is 221 g/mol. The predicted molar refractivity (Wildman–Crippen MR) is 56.5 cm³/mol. The summed E-state index contributed by atoms with van der Waals surface area (Å²) >= 11 is 11.7. The highest BCUT2D eigenvalue weighted by atomic mass is 35.5. The van der Waals surface area contributed by atoms with E-state index in [0.717, 1.165) is 5.56 Å². The van der Waals surface area contributed by atoms with Crippen LogP contribution in [-0.2, 0) is 7.05 Å². The number of hydrogen-bond acceptors (Lipinski definition) is 2. The number of hydrogen-bond donors (Lipinski definition) is 0. The van der Waals surface area contributed by atoms with E-state index in [9.17, 15) is 0 Å². The first kappa shape index (κ1) is 9.49. The van der Waals surface area contributed by atoms with Crippen molar-refractivity contribution in [3.8, 4) is 11.4 Å². The fraction of sp³-hybridized carbons (Fsp3) is 0.111. The van der Waals surface area contributed by atoms with Crippen molar-refractivity contribution in [2.75, 3.05) is 0 Å². The average Bonchev–Trinajstić information content (AvgIpc) is 2.46. The van der Waals surface area contributed by atoms with E-state index in [4.69, 9.17) is 23.2 Å². The molecule has 0 aliphatic rings. The lowest BCUT2D eigenvalue weighted by molar-refractivity contribution is 0.775. The second kappa shape index (κ2) is 3.59. The van der Waals surface area contributed by atoms with Crippen molar-refractivity contribution in [2.45, 2.75) is 0 Å². The SMILES string of the molecule is Cn1nc(Cl)nc1-c1ccccc1Cl. The first-order chi connectivity index (χ1) is 6.68. The molecule has 0 unspecified atom stereocenters. The molecule has 1 heterocycles. The van der Waals surface area contributed by atoms with Crippen molar-refractivity contribution < 1.29 is 0 Å². The van der Waals surface area contributed by atoms with Crippen LogP contribution in [0.25, 0.3) is 11.4 Å². The number of nitrogens with zero attached hydrogens (tertiary/aromatic N) is 3. The molecule has 14 heavy (non-hydrogen) atoms. The van der Waals surface area contributed by atoms with E-state index in [0.29, 0.717) is 10.8 Å². The molecule has 0 amide bonds. The molecule has 0 saturated heterocycles. The molecule has 1 aromatic heterocycles. The Morgan fingerprint density at radius 2 is 1.93 bits per heavy atom. The summed E-state index contributed by atoms with van der Waals surface area (Å²) in [7, 11) is 1.78. The molecule has 0 spiro atoms. The Bertz CT molecular complexity index is 465. The van der Waals surface area contributed by atoms with Gasteiger partial charge in [0, 0.05) is 12.6 Å². The molecular formula is C9H7Cl2N3. The second-order valence-corrected chi connectivity index (χ2v) is 3.55. The first-order valence-corrected chi connectivity index (χ1v) is 4.75. The molecule has 0 atom stereocenters. The number of rotatable bonds is 1. The summed E-state index contributed by atoms with van der Waals surface area (Å²) in [6.45, 7) is 0. The minimum Gasteiger partial charge on any atom is -0.247 e. The Balaban J connectivity index is 2.60. The summed E-state index contributed by atoms with van der Waals surface area (Å²) < 4.78 is 1.60. The summed E-state index contributed by atoms with van der Waals surface area (Å²) in [4.78, 5) is 4.07. The van der Waals surface area contributed by atoms with E-state index in [1.807, 2.05) is 18.2 Å². The van der Waals surface area contributed by atoms with E-state index in [1.165, 1.54) is 0 Å². The third-order valence-electron chi connectivity index (χ3n) is 1.85. The topological polar surface area (TPSA) is 30.7 Å². The van der Waals surface area contributed by atoms with Crippen molar-refractivity contribution >= 4 is 23.2 Å². The van der Waals surface area contributed by atoms with Crippen molar-refractivity contribution in [1.82, 2.24) is 14.8 Å². The van der Waals surface area contributed by atoms with Gasteiger partial charge in [0.05, 0.1) is 5.02 Å². The van der Waals surface area contributed by atoms with Crippen LogP contribution in [0.4, 0.5) is 0 Å². The quantitative estimate of drug-likeness (QED) is 0.751. The molecule has 2 rings (SSSR count). The lowest BCUT2D eigenvalue weighted by Crippen LogP contribution is -1.94. The molecule has 72 valence electrons. The molecule has 0 bridgehead atoms. The maximum atomic E-state index is 6.02. The minimum absolute atomic E-state index is 0.224. The van der Waals surface area contributed by atoms with Gasteiger partial charge < -0.3 is 0 Å². The minimum atomic E-state index is 0.224. The van der Waals surface area contributed by atoms with E-state index < -0.39 is 0 Å². The maximum Gasteiger partial charge on any atom is 0.242 e. The molecule has 0 radical (unpaired) electrons. The van der Waals surface area contributed by atoms with E-state index in [2.05, 4.69) is 10.1 Å². The van der Waals surface area contributed by atoms with Gasteiger partial charge in [-0.05, 0) is 23.7 Å². The van der Waals surface area contributed by atoms with Crippen molar-refractivity contribution in [1.29, 1.82) is 0 Å². The van der Waals surface area contributed by atoms with E-state index in [1.54, 1.807) is 17.8 Å². The van der Waals surface area contributed by atoms with Gasteiger partial charge in [0.15, 0.2) is 5.82 Å². The smallest absolute Gasteiger partial charge is 0.242 e. The molecule has 5 heteroatoms. The van der Waals surface area contributed by atoms with Crippen LogP contribution in [0.2, 0.25) is 10.3 Å². The lowest BCUT2D eigenvalue weighted by atomic mass is 10.2. The summed E-state index contributed by atoms with van der Waals surface area (Å²) in [6.07, 6.45) is 0. The fourth-order valence-corrected chi connectivity index (χ4v) is 1.64. The molecule has 0 saturated carbocycles. The highest BCUT2D eigenvalue weighted by Crippen LogP contribution is 2.26. The Morgan fingerprint density at radius 1 is 1.21 bits per heavy atom. The Morgan fingerprint density at radius 3 is 2.50 bits per heavy atom. The Labute approximate surface area is 91.3 Å². The average molecular weight is 228 g/mol. The van der Waals surface area contributed by atoms with Crippen LogP contribution in [0.5, 0.6) is 0 Å². The zero-order valence-electron chi connectivity index (χ0n) is 7.41. The van der Waals surface area contributed by atoms with Crippen LogP contribution in [0.15, 0.2) is 24.3 Å². The van der Waals surface area contributed by atoms with Gasteiger partial charge in [0.25, 0.3) is 0 Å². The Kier molecular flexibility index (Phi) is 2.44. The highest BCUT2D eigenvalue weighted by Gasteiger charge is 2.10. The van der Waals surface area contributed by atoms with Gasteiger partial charge >= 0.3 is 0 Å². The summed E-state index contributed by atoms with van der Waals surface area (Å²) in [5, 5.41) is 4.80. The molecule has 1 aromatic carbocycles. The lowest BCUT2D eigenvalue weighted by Gasteiger charge is -2.01. The summed E-state index contributed by atoms with van der Waals surface area (Å²) in [5.41, 5.74) is 0.830. The van der Waals surface area contributed by atoms with Gasteiger partial charge in [0.2, 0.25) is 5.28 Å². The van der Waals surface area contributed by atoms with Gasteiger partial charge in [-0.1, -0.05) is 23.7 Å². The zero-order chi connectivity index (χ0) is 10.1. The fourth-order valence-electron chi connectivity index (χ4n) is 1.23. The second-order valence-electron chi connectivity index (χ2n) is 2.81. The van der Waals surface area contributed by atoms with E-state index in [-0.39, 0.29) is 5.28 Å². The number of aryl methyl sites for hydroxylation is 1. The number of aromatic nitrogens is 3. The molecule has 0 N–H and O–H groups in total. The molecule has 0 aliphatic heterocycles. The van der Waals surface area contributed by atoms with Crippen molar-refractivity contribution in [3.05, 3.63) is 34.6 Å². The third-order valence-corrected chi connectivity index (χ3v) is 2.34. The summed E-state index contributed by atoms with van der Waals surface area (Å²) in [5.74, 6) is 0.667. The first-order valence-electron chi connectivity index (χ1n) is 4.00. The summed E-state index contributed by atoms with van der Waals surface area (Å²) in [6, 6.07) is 7.44. The number of halogens is 2. The maximum absolute atomic E-state index is 6.02. The van der Waals surface area contributed by atoms with Gasteiger partial charge in [-0.2, -0.15) is 4.98 Å². The van der Waals surface area contributed by atoms with Crippen LogP contribution in [-0.4, -0.2) is 14.8 Å². The van der Waals surface area contributed by atoms with Gasteiger partial charge in [-0.3, -0.25) is 0 Å².